The molecule has 0 saturated carbocycles. The highest BCUT2D eigenvalue weighted by Crippen LogP contribution is 2.38. The van der Waals surface area contributed by atoms with Gasteiger partial charge in [-0.2, -0.15) is 0 Å². The predicted octanol–water partition coefficient (Wildman–Crippen LogP) is 3.69. The van der Waals surface area contributed by atoms with Crippen LogP contribution in [0.3, 0.4) is 0 Å². The van der Waals surface area contributed by atoms with E-state index >= 15 is 0 Å². The van der Waals surface area contributed by atoms with Crippen molar-refractivity contribution in [1.29, 1.82) is 0 Å². The van der Waals surface area contributed by atoms with Crippen molar-refractivity contribution in [3.63, 3.8) is 0 Å². The predicted molar refractivity (Wildman–Crippen MR) is 102 cm³/mol. The molecule has 3 rings (SSSR count). The van der Waals surface area contributed by atoms with Gasteiger partial charge in [0, 0.05) is 11.3 Å². The molecule has 148 valence electrons. The number of carbonyl (C=O) groups is 3. The van der Waals surface area contributed by atoms with Gasteiger partial charge in [-0.3, -0.25) is 9.59 Å². The van der Waals surface area contributed by atoms with Crippen LogP contribution in [0.4, 0.5) is 0 Å². The number of esters is 1. The number of ether oxygens (including phenoxy) is 3. The second kappa shape index (κ2) is 7.67. The second-order valence-electron chi connectivity index (χ2n) is 6.58. The number of carbonyl (C=O) groups excluding carboxylic acids is 3. The molecule has 0 unspecified atom stereocenters. The van der Waals surface area contributed by atoms with Crippen molar-refractivity contribution < 1.29 is 28.6 Å². The van der Waals surface area contributed by atoms with Gasteiger partial charge in [0.2, 0.25) is 5.78 Å². The first-order valence-corrected chi connectivity index (χ1v) is 9.13. The zero-order valence-electron chi connectivity index (χ0n) is 16.0. The zero-order valence-corrected chi connectivity index (χ0v) is 16.7. The fraction of sp³-hybridized carbons (Fsp3) is 0.350. The Kier molecular flexibility index (Phi) is 5.47. The molecule has 2 heterocycles. The molecular weight excluding hydrogens is 386 g/mol. The Labute approximate surface area is 166 Å². The molecule has 1 aliphatic rings. The Bertz CT molecular complexity index is 978. The largest absolute Gasteiger partial charge is 0.486 e. The van der Waals surface area contributed by atoms with E-state index in [0.29, 0.717) is 41.5 Å². The van der Waals surface area contributed by atoms with E-state index in [-0.39, 0.29) is 22.1 Å². The van der Waals surface area contributed by atoms with Crippen LogP contribution < -0.4 is 9.47 Å². The third-order valence-corrected chi connectivity index (χ3v) is 4.80. The van der Waals surface area contributed by atoms with E-state index in [1.165, 1.54) is 26.0 Å². The summed E-state index contributed by atoms with van der Waals surface area (Å²) in [5, 5.41) is 0.227. The molecule has 7 nitrogen and oxygen atoms in total. The molecule has 2 aromatic rings. The van der Waals surface area contributed by atoms with Gasteiger partial charge in [-0.15, -0.1) is 0 Å². The van der Waals surface area contributed by atoms with Crippen LogP contribution in [0.5, 0.6) is 11.5 Å². The first kappa shape index (κ1) is 19.9. The topological polar surface area (TPSA) is 94.7 Å². The molecule has 1 aliphatic heterocycles. The number of rotatable bonds is 5. The third-order valence-electron chi connectivity index (χ3n) is 4.52. The van der Waals surface area contributed by atoms with Crippen LogP contribution in [0.1, 0.15) is 56.3 Å². The van der Waals surface area contributed by atoms with Crippen molar-refractivity contribution in [1.82, 2.24) is 4.98 Å². The number of aryl methyl sites for hydroxylation is 1. The average Bonchev–Trinajstić information content (AvgIpc) is 2.95. The number of hydrogen-bond donors (Lipinski definition) is 1. The number of aromatic nitrogens is 1. The van der Waals surface area contributed by atoms with E-state index in [9.17, 15) is 14.4 Å². The lowest BCUT2D eigenvalue weighted by Gasteiger charge is -2.20. The minimum absolute atomic E-state index is 0.138. The van der Waals surface area contributed by atoms with Crippen LogP contribution in [0, 0.1) is 13.8 Å². The van der Waals surface area contributed by atoms with E-state index in [2.05, 4.69) is 4.98 Å². The Balaban J connectivity index is 1.80. The van der Waals surface area contributed by atoms with Crippen molar-refractivity contribution in [3.8, 4) is 11.5 Å². The summed E-state index contributed by atoms with van der Waals surface area (Å²) in [6.45, 7) is 7.03. The summed E-state index contributed by atoms with van der Waals surface area (Å²) >= 11 is 6.14. The zero-order chi connectivity index (χ0) is 20.6. The summed E-state index contributed by atoms with van der Waals surface area (Å²) in [4.78, 5) is 39.9. The number of nitrogens with one attached hydrogen (secondary N) is 1. The van der Waals surface area contributed by atoms with Crippen molar-refractivity contribution in [2.45, 2.75) is 33.8 Å². The average molecular weight is 406 g/mol. The fourth-order valence-corrected chi connectivity index (χ4v) is 3.50. The molecule has 0 saturated heterocycles. The molecule has 0 amide bonds. The minimum atomic E-state index is -1.06. The minimum Gasteiger partial charge on any atom is -0.486 e. The number of aromatic amines is 1. The Morgan fingerprint density at radius 3 is 2.50 bits per heavy atom. The normalized spacial score (nSPS) is 13.8. The van der Waals surface area contributed by atoms with Crippen molar-refractivity contribution in [2.24, 2.45) is 0 Å². The first-order chi connectivity index (χ1) is 13.2. The molecule has 1 aromatic carbocycles. The lowest BCUT2D eigenvalue weighted by Crippen LogP contribution is -2.25. The smallest absolute Gasteiger partial charge is 0.339 e. The van der Waals surface area contributed by atoms with Crippen molar-refractivity contribution in [3.05, 3.63) is 45.2 Å². The maximum absolute atomic E-state index is 12.7. The standard InChI is InChI=1S/C20H20ClNO6/c1-9-16(11(3)23)10(2)22-17(9)18(24)12(4)28-20(25)13-7-14(21)19-15(8-13)26-5-6-27-19/h7-8,12,22H,5-6H2,1-4H3/t12-/m1/s1. The summed E-state index contributed by atoms with van der Waals surface area (Å²) in [6, 6.07) is 2.88. The molecule has 0 radical (unpaired) electrons. The fourth-order valence-electron chi connectivity index (χ4n) is 3.24. The maximum Gasteiger partial charge on any atom is 0.339 e. The molecule has 8 heteroatoms. The van der Waals surface area contributed by atoms with E-state index in [0.717, 1.165) is 0 Å². The van der Waals surface area contributed by atoms with Crippen LogP contribution in [0.2, 0.25) is 5.02 Å². The molecule has 1 aromatic heterocycles. The van der Waals surface area contributed by atoms with E-state index < -0.39 is 17.9 Å². The molecule has 0 aliphatic carbocycles. The highest BCUT2D eigenvalue weighted by atomic mass is 35.5. The highest BCUT2D eigenvalue weighted by molar-refractivity contribution is 6.32. The monoisotopic (exact) mass is 405 g/mol. The summed E-state index contributed by atoms with van der Waals surface area (Å²) in [5.41, 5.74) is 2.02. The maximum atomic E-state index is 12.7. The Morgan fingerprint density at radius 1 is 1.18 bits per heavy atom. The van der Waals surface area contributed by atoms with Gasteiger partial charge < -0.3 is 19.2 Å². The van der Waals surface area contributed by atoms with Crippen LogP contribution in [0.25, 0.3) is 0 Å². The van der Waals surface area contributed by atoms with Crippen LogP contribution in [0.15, 0.2) is 12.1 Å². The van der Waals surface area contributed by atoms with Crippen LogP contribution >= 0.6 is 11.6 Å². The van der Waals surface area contributed by atoms with Gasteiger partial charge >= 0.3 is 5.97 Å². The van der Waals surface area contributed by atoms with Crippen molar-refractivity contribution >= 4 is 29.1 Å². The van der Waals surface area contributed by atoms with Gasteiger partial charge in [0.15, 0.2) is 23.4 Å². The second-order valence-corrected chi connectivity index (χ2v) is 6.98. The molecule has 28 heavy (non-hydrogen) atoms. The molecular formula is C20H20ClNO6. The number of hydrogen-bond acceptors (Lipinski definition) is 6. The molecule has 0 spiro atoms. The molecule has 1 N–H and O–H groups in total. The van der Waals surface area contributed by atoms with E-state index in [1.807, 2.05) is 0 Å². The van der Waals surface area contributed by atoms with Crippen LogP contribution in [-0.2, 0) is 4.74 Å². The SMILES string of the molecule is CC(=O)c1c(C)[nH]c(C(=O)[C@@H](C)OC(=O)c2cc(Cl)c3c(c2)OCCO3)c1C. The summed E-state index contributed by atoms with van der Waals surface area (Å²) in [7, 11) is 0. The lowest BCUT2D eigenvalue weighted by atomic mass is 10.0. The van der Waals surface area contributed by atoms with Gasteiger partial charge in [-0.1, -0.05) is 11.6 Å². The Hall–Kier alpha value is -2.80. The molecule has 0 fully saturated rings. The molecule has 1 atom stereocenters. The van der Waals surface area contributed by atoms with Gasteiger partial charge in [-0.25, -0.2) is 4.79 Å². The Morgan fingerprint density at radius 2 is 1.86 bits per heavy atom. The van der Waals surface area contributed by atoms with Crippen LogP contribution in [-0.4, -0.2) is 41.8 Å². The number of benzene rings is 1. The van der Waals surface area contributed by atoms with Crippen molar-refractivity contribution in [2.75, 3.05) is 13.2 Å². The number of halogens is 1. The number of ketones is 2. The third kappa shape index (κ3) is 3.62. The number of Topliss-reactive ketones (excluding diaryl/α,β-unsaturated/α-hetero) is 2. The summed E-state index contributed by atoms with van der Waals surface area (Å²) in [5.74, 6) is -0.548. The van der Waals surface area contributed by atoms with Gasteiger partial charge in [0.05, 0.1) is 16.3 Å². The first-order valence-electron chi connectivity index (χ1n) is 8.75. The lowest BCUT2D eigenvalue weighted by molar-refractivity contribution is 0.0316. The quantitative estimate of drug-likeness (QED) is 0.602. The summed E-state index contributed by atoms with van der Waals surface area (Å²) in [6.07, 6.45) is -1.06. The number of H-pyrrole nitrogens is 1. The van der Waals surface area contributed by atoms with E-state index in [1.54, 1.807) is 13.8 Å². The summed E-state index contributed by atoms with van der Waals surface area (Å²) < 4.78 is 16.2. The highest BCUT2D eigenvalue weighted by Gasteiger charge is 2.27. The van der Waals surface area contributed by atoms with E-state index in [4.69, 9.17) is 25.8 Å². The molecule has 0 bridgehead atoms. The van der Waals surface area contributed by atoms with Gasteiger partial charge in [0.1, 0.15) is 13.2 Å². The van der Waals surface area contributed by atoms with Gasteiger partial charge in [0.25, 0.3) is 0 Å². The number of fused-ring (bicyclic) bond motifs is 1. The van der Waals surface area contributed by atoms with Gasteiger partial charge in [-0.05, 0) is 45.4 Å².